The summed E-state index contributed by atoms with van der Waals surface area (Å²) in [5.41, 5.74) is 0.482. The average Bonchev–Trinajstić information content (AvgIpc) is 2.94. The highest BCUT2D eigenvalue weighted by atomic mass is 16.6. The van der Waals surface area contributed by atoms with Crippen LogP contribution < -0.4 is 10.2 Å². The van der Waals surface area contributed by atoms with Crippen LogP contribution in [0.3, 0.4) is 0 Å². The molecule has 21 heavy (non-hydrogen) atoms. The number of piperidine rings is 1. The zero-order chi connectivity index (χ0) is 15.0. The first-order valence-corrected chi connectivity index (χ1v) is 7.59. The molecule has 2 aliphatic rings. The third-order valence-electron chi connectivity index (χ3n) is 4.71. The lowest BCUT2D eigenvalue weighted by molar-refractivity contribution is -0.385. The van der Waals surface area contributed by atoms with Crippen LogP contribution in [0.1, 0.15) is 37.8 Å². The number of aromatic nitrogens is 2. The maximum absolute atomic E-state index is 11.5. The number of hydrogen-bond donors (Lipinski definition) is 1. The molecule has 1 saturated heterocycles. The van der Waals surface area contributed by atoms with Gasteiger partial charge in [-0.2, -0.15) is 4.98 Å². The van der Waals surface area contributed by atoms with E-state index in [1.165, 1.54) is 19.3 Å². The molecule has 1 saturated carbocycles. The molecule has 1 aliphatic carbocycles. The Morgan fingerprint density at radius 3 is 2.76 bits per heavy atom. The molecule has 0 bridgehead atoms. The van der Waals surface area contributed by atoms with Gasteiger partial charge >= 0.3 is 5.69 Å². The minimum absolute atomic E-state index is 0.0570. The Hall–Kier alpha value is -1.92. The van der Waals surface area contributed by atoms with Crippen molar-refractivity contribution in [2.24, 2.45) is 5.92 Å². The van der Waals surface area contributed by atoms with Crippen molar-refractivity contribution in [3.8, 4) is 0 Å². The molecule has 2 heterocycles. The first kappa shape index (κ1) is 14.0. The second-order valence-corrected chi connectivity index (χ2v) is 5.91. The number of fused-ring (bicyclic) bond motifs is 1. The van der Waals surface area contributed by atoms with Gasteiger partial charge in [-0.15, -0.1) is 0 Å². The molecule has 2 unspecified atom stereocenters. The van der Waals surface area contributed by atoms with Gasteiger partial charge in [0.25, 0.3) is 0 Å². The predicted molar refractivity (Wildman–Crippen MR) is 80.7 cm³/mol. The van der Waals surface area contributed by atoms with Gasteiger partial charge in [-0.05, 0) is 38.5 Å². The molecule has 0 amide bonds. The highest BCUT2D eigenvalue weighted by molar-refractivity contribution is 5.63. The van der Waals surface area contributed by atoms with Gasteiger partial charge in [0.05, 0.1) is 4.92 Å². The standard InChI is InChI=1S/C14H21N5O2/c1-9-12(19(20)21)13(17-14(15-2)16-9)18-8-4-6-10-5-3-7-11(10)18/h10-11H,3-8H2,1-2H3,(H,15,16,17). The molecule has 2 atom stereocenters. The normalized spacial score (nSPS) is 24.8. The number of rotatable bonds is 3. The van der Waals surface area contributed by atoms with E-state index in [4.69, 9.17) is 0 Å². The van der Waals surface area contributed by atoms with Crippen molar-refractivity contribution < 1.29 is 4.92 Å². The van der Waals surface area contributed by atoms with Crippen LogP contribution in [-0.4, -0.2) is 34.5 Å². The van der Waals surface area contributed by atoms with E-state index >= 15 is 0 Å². The van der Waals surface area contributed by atoms with Gasteiger partial charge in [0.2, 0.25) is 11.8 Å². The fourth-order valence-electron chi connectivity index (χ4n) is 3.79. The molecule has 3 rings (SSSR count). The van der Waals surface area contributed by atoms with Crippen LogP contribution in [0.5, 0.6) is 0 Å². The first-order valence-electron chi connectivity index (χ1n) is 7.59. The van der Waals surface area contributed by atoms with E-state index in [-0.39, 0.29) is 10.6 Å². The molecule has 7 nitrogen and oxygen atoms in total. The summed E-state index contributed by atoms with van der Waals surface area (Å²) in [5, 5.41) is 14.4. The molecule has 7 heteroatoms. The summed E-state index contributed by atoms with van der Waals surface area (Å²) < 4.78 is 0. The number of aryl methyl sites for hydroxylation is 1. The summed E-state index contributed by atoms with van der Waals surface area (Å²) in [5.74, 6) is 1.60. The molecule has 0 radical (unpaired) electrons. The van der Waals surface area contributed by atoms with Crippen LogP contribution in [0.2, 0.25) is 0 Å². The van der Waals surface area contributed by atoms with Crippen molar-refractivity contribution in [3.63, 3.8) is 0 Å². The Kier molecular flexibility index (Phi) is 3.65. The summed E-state index contributed by atoms with van der Waals surface area (Å²) in [4.78, 5) is 21.9. The van der Waals surface area contributed by atoms with E-state index in [0.717, 1.165) is 19.4 Å². The van der Waals surface area contributed by atoms with Crippen molar-refractivity contribution >= 4 is 17.5 Å². The van der Waals surface area contributed by atoms with Gasteiger partial charge in [-0.25, -0.2) is 4.98 Å². The highest BCUT2D eigenvalue weighted by Gasteiger charge is 2.39. The topological polar surface area (TPSA) is 84.2 Å². The number of nitrogens with one attached hydrogen (secondary N) is 1. The number of hydrogen-bond acceptors (Lipinski definition) is 6. The average molecular weight is 291 g/mol. The van der Waals surface area contributed by atoms with E-state index in [0.29, 0.717) is 29.4 Å². The molecule has 2 fully saturated rings. The molecule has 114 valence electrons. The van der Waals surface area contributed by atoms with Gasteiger partial charge in [-0.3, -0.25) is 10.1 Å². The lowest BCUT2D eigenvalue weighted by Crippen LogP contribution is -2.43. The number of nitro groups is 1. The van der Waals surface area contributed by atoms with E-state index in [1.807, 2.05) is 0 Å². The van der Waals surface area contributed by atoms with Crippen LogP contribution in [0.15, 0.2) is 0 Å². The lowest BCUT2D eigenvalue weighted by Gasteiger charge is -2.38. The van der Waals surface area contributed by atoms with Crippen molar-refractivity contribution in [3.05, 3.63) is 15.8 Å². The van der Waals surface area contributed by atoms with Crippen LogP contribution in [0, 0.1) is 23.0 Å². The maximum Gasteiger partial charge on any atom is 0.332 e. The van der Waals surface area contributed by atoms with Crippen LogP contribution in [0.25, 0.3) is 0 Å². The molecule has 1 N–H and O–H groups in total. The second kappa shape index (κ2) is 5.46. The van der Waals surface area contributed by atoms with Crippen LogP contribution in [0.4, 0.5) is 17.5 Å². The molecule has 0 aromatic carbocycles. The largest absolute Gasteiger partial charge is 0.357 e. The minimum Gasteiger partial charge on any atom is -0.357 e. The third-order valence-corrected chi connectivity index (χ3v) is 4.71. The fourth-order valence-corrected chi connectivity index (χ4v) is 3.79. The Morgan fingerprint density at radius 2 is 2.05 bits per heavy atom. The molecule has 1 aromatic rings. The molecule has 1 aliphatic heterocycles. The Bertz CT molecular complexity index is 563. The maximum atomic E-state index is 11.5. The SMILES string of the molecule is CNc1nc(C)c([N+](=O)[O-])c(N2CCCC3CCCC32)n1. The molecule has 1 aromatic heterocycles. The van der Waals surface area contributed by atoms with Gasteiger partial charge in [0, 0.05) is 19.6 Å². The van der Waals surface area contributed by atoms with Crippen LogP contribution in [-0.2, 0) is 0 Å². The van der Waals surface area contributed by atoms with E-state index in [2.05, 4.69) is 20.2 Å². The van der Waals surface area contributed by atoms with Crippen molar-refractivity contribution in [1.29, 1.82) is 0 Å². The van der Waals surface area contributed by atoms with E-state index in [9.17, 15) is 10.1 Å². The zero-order valence-electron chi connectivity index (χ0n) is 12.5. The Balaban J connectivity index is 2.07. The summed E-state index contributed by atoms with van der Waals surface area (Å²) >= 11 is 0. The molecular weight excluding hydrogens is 270 g/mol. The highest BCUT2D eigenvalue weighted by Crippen LogP contribution is 2.41. The zero-order valence-corrected chi connectivity index (χ0v) is 12.5. The van der Waals surface area contributed by atoms with Crippen molar-refractivity contribution in [2.45, 2.75) is 45.1 Å². The molecular formula is C14H21N5O2. The van der Waals surface area contributed by atoms with Gasteiger partial charge < -0.3 is 10.2 Å². The van der Waals surface area contributed by atoms with Gasteiger partial charge in [-0.1, -0.05) is 6.42 Å². The summed E-state index contributed by atoms with van der Waals surface area (Å²) in [7, 11) is 1.74. The second-order valence-electron chi connectivity index (χ2n) is 5.91. The van der Waals surface area contributed by atoms with E-state index in [1.54, 1.807) is 14.0 Å². The van der Waals surface area contributed by atoms with Gasteiger partial charge in [0.15, 0.2) is 0 Å². The Labute approximate surface area is 123 Å². The first-order chi connectivity index (χ1) is 10.1. The van der Waals surface area contributed by atoms with Crippen LogP contribution >= 0.6 is 0 Å². The number of nitrogens with zero attached hydrogens (tertiary/aromatic N) is 4. The van der Waals surface area contributed by atoms with Crippen molar-refractivity contribution in [2.75, 3.05) is 23.8 Å². The Morgan fingerprint density at radius 1 is 1.29 bits per heavy atom. The fraction of sp³-hybridized carbons (Fsp3) is 0.714. The quantitative estimate of drug-likeness (QED) is 0.680. The smallest absolute Gasteiger partial charge is 0.332 e. The minimum atomic E-state index is -0.345. The predicted octanol–water partition coefficient (Wildman–Crippen LogP) is 2.50. The summed E-state index contributed by atoms with van der Waals surface area (Å²) in [6.45, 7) is 2.53. The van der Waals surface area contributed by atoms with E-state index < -0.39 is 0 Å². The lowest BCUT2D eigenvalue weighted by atomic mass is 9.92. The molecule has 0 spiro atoms. The van der Waals surface area contributed by atoms with Crippen molar-refractivity contribution in [1.82, 2.24) is 9.97 Å². The third kappa shape index (κ3) is 2.41. The number of anilines is 2. The monoisotopic (exact) mass is 291 g/mol. The summed E-state index contributed by atoms with van der Waals surface area (Å²) in [6.07, 6.45) is 5.87. The summed E-state index contributed by atoms with van der Waals surface area (Å²) in [6, 6.07) is 0.399. The van der Waals surface area contributed by atoms with Gasteiger partial charge in [0.1, 0.15) is 5.69 Å².